The Bertz CT molecular complexity index is 2060. The lowest BCUT2D eigenvalue weighted by molar-refractivity contribution is -0.118. The van der Waals surface area contributed by atoms with Gasteiger partial charge in [-0.25, -0.2) is 0 Å². The number of aldehydes is 1. The van der Waals surface area contributed by atoms with Crippen LogP contribution in [0.2, 0.25) is 0 Å². The van der Waals surface area contributed by atoms with Crippen LogP contribution >= 0.6 is 0 Å². The van der Waals surface area contributed by atoms with E-state index in [2.05, 4.69) is 10.3 Å². The molecule has 0 radical (unpaired) electrons. The Morgan fingerprint density at radius 1 is 1.02 bits per heavy atom. The van der Waals surface area contributed by atoms with Crippen LogP contribution in [0.15, 0.2) is 82.8 Å². The van der Waals surface area contributed by atoms with Crippen molar-refractivity contribution in [2.45, 2.75) is 30.6 Å². The van der Waals surface area contributed by atoms with Crippen molar-refractivity contribution in [3.8, 4) is 17.2 Å². The molecule has 2 amide bonds. The second-order valence-electron chi connectivity index (χ2n) is 12.0. The first-order chi connectivity index (χ1) is 23.8. The van der Waals surface area contributed by atoms with Crippen molar-refractivity contribution in [3.63, 3.8) is 0 Å². The Morgan fingerprint density at radius 3 is 2.57 bits per heavy atom. The van der Waals surface area contributed by atoms with Gasteiger partial charge in [-0.05, 0) is 47.9 Å². The summed E-state index contributed by atoms with van der Waals surface area (Å²) in [6.45, 7) is -0.178. The quantitative estimate of drug-likeness (QED) is 0.154. The molecule has 0 bridgehead atoms. The number of benzene rings is 3. The van der Waals surface area contributed by atoms with Crippen LogP contribution in [0.25, 0.3) is 21.9 Å². The predicted octanol–water partition coefficient (Wildman–Crippen LogP) is 3.75. The maximum Gasteiger partial charge on any atom is 0.290 e. The van der Waals surface area contributed by atoms with E-state index in [4.69, 9.17) is 18.6 Å². The van der Waals surface area contributed by atoms with E-state index in [1.165, 1.54) is 25.2 Å². The van der Waals surface area contributed by atoms with E-state index in [1.54, 1.807) is 36.4 Å². The third-order valence-electron chi connectivity index (χ3n) is 9.18. The molecular weight excluding hydrogens is 630 g/mol. The summed E-state index contributed by atoms with van der Waals surface area (Å²) < 4.78 is 23.4. The number of H-pyrrole nitrogens is 1. The summed E-state index contributed by atoms with van der Waals surface area (Å²) in [6, 6.07) is 18.9. The molecule has 2 aromatic heterocycles. The Kier molecular flexibility index (Phi) is 8.57. The minimum atomic E-state index is -1.32. The van der Waals surface area contributed by atoms with E-state index < -0.39 is 36.0 Å². The first-order valence-corrected chi connectivity index (χ1v) is 15.9. The highest BCUT2D eigenvalue weighted by Gasteiger charge is 2.51. The summed E-state index contributed by atoms with van der Waals surface area (Å²) in [4.78, 5) is 44.9. The number of carbonyl (C=O) groups is 3. The van der Waals surface area contributed by atoms with Gasteiger partial charge in [-0.1, -0.05) is 30.3 Å². The second kappa shape index (κ2) is 13.1. The van der Waals surface area contributed by atoms with Crippen LogP contribution in [0.3, 0.4) is 0 Å². The zero-order valence-electron chi connectivity index (χ0n) is 26.8. The first kappa shape index (κ1) is 32.0. The highest BCUT2D eigenvalue weighted by atomic mass is 16.5. The standard InChI is InChI=1S/C37H35N3O9/c1-46-28-9-5-7-22-17-30(48-33(22)28)37(45)40(12-10-23-16-21-6-3-4-8-26(21)39-23)27-18-25(36(44)38-11-13-41)31-24-14-20(19-42)15-29(47-2)34(24)49-35(31)32(27)43/h3-9,14-19,27,31-32,35,39,41,43H,10-13H2,1-2H3,(H,38,44)/t27-,31+,32+,35+/m1/s1. The molecule has 0 spiro atoms. The summed E-state index contributed by atoms with van der Waals surface area (Å²) >= 11 is 0. The second-order valence-corrected chi connectivity index (χ2v) is 12.0. The molecule has 0 saturated heterocycles. The fourth-order valence-corrected chi connectivity index (χ4v) is 6.90. The van der Waals surface area contributed by atoms with Crippen LogP contribution < -0.4 is 19.5 Å². The summed E-state index contributed by atoms with van der Waals surface area (Å²) in [5.74, 6) is -0.762. The van der Waals surface area contributed by atoms with Crippen molar-refractivity contribution in [2.24, 2.45) is 0 Å². The molecule has 0 fully saturated rings. The van der Waals surface area contributed by atoms with Gasteiger partial charge in [-0.2, -0.15) is 0 Å². The van der Waals surface area contributed by atoms with Crippen molar-refractivity contribution in [1.29, 1.82) is 0 Å². The molecule has 49 heavy (non-hydrogen) atoms. The lowest BCUT2D eigenvalue weighted by Gasteiger charge is -2.40. The SMILES string of the molecule is COc1cc(C=O)cc2c1O[C@@H]1[C@@H](O)[C@H](N(CCc3cc4ccccc4[nH]3)C(=O)c3cc4cccc(OC)c4o3)C=C(C(=O)NCCO)[C@H]21. The van der Waals surface area contributed by atoms with Crippen LogP contribution in [-0.4, -0.2) is 90.4 Å². The zero-order valence-corrected chi connectivity index (χ0v) is 26.8. The Labute approximate surface area is 280 Å². The van der Waals surface area contributed by atoms with Crippen molar-refractivity contribution in [3.05, 3.63) is 101 Å². The number of hydrogen-bond donors (Lipinski definition) is 4. The number of para-hydroxylation sites is 2. The van der Waals surface area contributed by atoms with E-state index in [9.17, 15) is 24.6 Å². The van der Waals surface area contributed by atoms with E-state index >= 15 is 0 Å². The average Bonchev–Trinajstić information content (AvgIpc) is 3.86. The fourth-order valence-electron chi connectivity index (χ4n) is 6.90. The molecule has 0 saturated carbocycles. The number of hydrogen-bond acceptors (Lipinski definition) is 9. The summed E-state index contributed by atoms with van der Waals surface area (Å²) in [6.07, 6.45) is 0.291. The number of ether oxygens (including phenoxy) is 3. The van der Waals surface area contributed by atoms with Gasteiger partial charge in [0.05, 0.1) is 32.8 Å². The first-order valence-electron chi connectivity index (χ1n) is 15.9. The smallest absolute Gasteiger partial charge is 0.290 e. The van der Waals surface area contributed by atoms with Gasteiger partial charge in [0.15, 0.2) is 28.6 Å². The zero-order chi connectivity index (χ0) is 34.2. The fraction of sp³-hybridized carbons (Fsp3) is 0.270. The van der Waals surface area contributed by atoms with Crippen LogP contribution in [0.5, 0.6) is 17.2 Å². The number of methoxy groups -OCH3 is 2. The largest absolute Gasteiger partial charge is 0.493 e. The number of aliphatic hydroxyl groups is 2. The number of nitrogens with one attached hydrogen (secondary N) is 2. The number of rotatable bonds is 11. The lowest BCUT2D eigenvalue weighted by atomic mass is 9.77. The van der Waals surface area contributed by atoms with Gasteiger partial charge in [-0.15, -0.1) is 0 Å². The van der Waals surface area contributed by atoms with E-state index in [0.29, 0.717) is 46.3 Å². The van der Waals surface area contributed by atoms with Gasteiger partial charge in [-0.3, -0.25) is 14.4 Å². The van der Waals surface area contributed by atoms with Gasteiger partial charge in [0, 0.05) is 52.8 Å². The highest BCUT2D eigenvalue weighted by Crippen LogP contribution is 2.51. The topological polar surface area (TPSA) is 164 Å². The number of nitrogens with zero attached hydrogens (tertiary/aromatic N) is 1. The molecule has 12 nitrogen and oxygen atoms in total. The van der Waals surface area contributed by atoms with Crippen molar-refractivity contribution >= 4 is 40.0 Å². The number of aromatic nitrogens is 1. The molecule has 12 heteroatoms. The van der Waals surface area contributed by atoms with Gasteiger partial charge in [0.25, 0.3) is 5.91 Å². The monoisotopic (exact) mass is 665 g/mol. The normalized spacial score (nSPS) is 19.5. The van der Waals surface area contributed by atoms with Gasteiger partial charge in [0.2, 0.25) is 5.91 Å². The van der Waals surface area contributed by atoms with Crippen molar-refractivity contribution < 1.29 is 43.2 Å². The Hall–Kier alpha value is -5.59. The average molecular weight is 666 g/mol. The number of carbonyl (C=O) groups excluding carboxylic acids is 3. The summed E-state index contributed by atoms with van der Waals surface area (Å²) in [5, 5.41) is 25.9. The van der Waals surface area contributed by atoms with Crippen molar-refractivity contribution in [2.75, 3.05) is 33.9 Å². The lowest BCUT2D eigenvalue weighted by Crippen LogP contribution is -2.56. The molecule has 3 aromatic carbocycles. The van der Waals surface area contributed by atoms with Crippen LogP contribution in [0, 0.1) is 0 Å². The van der Waals surface area contributed by atoms with E-state index in [-0.39, 0.29) is 36.8 Å². The molecule has 5 aromatic rings. The minimum absolute atomic E-state index is 0.0178. The van der Waals surface area contributed by atoms with Gasteiger partial charge < -0.3 is 44.0 Å². The van der Waals surface area contributed by atoms with Gasteiger partial charge in [0.1, 0.15) is 18.5 Å². The predicted molar refractivity (Wildman–Crippen MR) is 179 cm³/mol. The number of amides is 2. The summed E-state index contributed by atoms with van der Waals surface area (Å²) in [5.41, 5.74) is 3.24. The molecule has 3 heterocycles. The Balaban J connectivity index is 1.32. The van der Waals surface area contributed by atoms with Crippen LogP contribution in [0.4, 0.5) is 0 Å². The molecule has 1 aliphatic heterocycles. The number of fused-ring (bicyclic) bond motifs is 5. The highest BCUT2D eigenvalue weighted by molar-refractivity contribution is 5.99. The number of furan rings is 1. The minimum Gasteiger partial charge on any atom is -0.493 e. The number of aliphatic hydroxyl groups excluding tert-OH is 2. The molecule has 4 N–H and O–H groups in total. The molecular formula is C37H35N3O9. The molecule has 252 valence electrons. The van der Waals surface area contributed by atoms with E-state index in [0.717, 1.165) is 16.6 Å². The van der Waals surface area contributed by atoms with Crippen molar-refractivity contribution in [1.82, 2.24) is 15.2 Å². The van der Waals surface area contributed by atoms with Gasteiger partial charge >= 0.3 is 0 Å². The Morgan fingerprint density at radius 2 is 1.82 bits per heavy atom. The maximum absolute atomic E-state index is 14.5. The van der Waals surface area contributed by atoms with E-state index in [1.807, 2.05) is 30.3 Å². The third-order valence-corrected chi connectivity index (χ3v) is 9.18. The summed E-state index contributed by atoms with van der Waals surface area (Å²) in [7, 11) is 2.95. The third kappa shape index (κ3) is 5.68. The molecule has 7 rings (SSSR count). The molecule has 1 aliphatic carbocycles. The van der Waals surface area contributed by atoms with Crippen LogP contribution in [0.1, 0.15) is 38.1 Å². The molecule has 4 atom stereocenters. The van der Waals surface area contributed by atoms with Crippen LogP contribution in [-0.2, 0) is 11.2 Å². The number of aromatic amines is 1. The molecule has 0 unspecified atom stereocenters. The molecule has 2 aliphatic rings. The maximum atomic E-state index is 14.5.